The summed E-state index contributed by atoms with van der Waals surface area (Å²) >= 11 is 2.51. The normalized spacial score (nSPS) is 38.4. The molecular formula is C8H14IN. The highest BCUT2D eigenvalue weighted by atomic mass is 127. The molecule has 2 heteroatoms. The van der Waals surface area contributed by atoms with Gasteiger partial charge in [-0.1, -0.05) is 6.92 Å². The van der Waals surface area contributed by atoms with Gasteiger partial charge in [0.25, 0.3) is 0 Å². The first kappa shape index (κ1) is 7.35. The number of piperidine rings is 1. The highest BCUT2D eigenvalue weighted by molar-refractivity contribution is 14.1. The molecule has 1 aliphatic carbocycles. The van der Waals surface area contributed by atoms with E-state index >= 15 is 0 Å². The van der Waals surface area contributed by atoms with Crippen molar-refractivity contribution in [3.8, 4) is 0 Å². The highest BCUT2D eigenvalue weighted by Crippen LogP contribution is 2.53. The Hall–Kier alpha value is 0.690. The van der Waals surface area contributed by atoms with Crippen LogP contribution in [0.2, 0.25) is 0 Å². The van der Waals surface area contributed by atoms with Crippen LogP contribution in [-0.2, 0) is 0 Å². The largest absolute Gasteiger partial charge is 0.241 e. The van der Waals surface area contributed by atoms with Crippen molar-refractivity contribution in [3.63, 3.8) is 0 Å². The molecule has 1 nitrogen and oxygen atoms in total. The van der Waals surface area contributed by atoms with Crippen molar-refractivity contribution in [2.75, 3.05) is 6.54 Å². The van der Waals surface area contributed by atoms with Crippen LogP contribution in [0.5, 0.6) is 0 Å². The van der Waals surface area contributed by atoms with E-state index in [0.29, 0.717) is 5.54 Å². The molecule has 1 spiro atoms. The van der Waals surface area contributed by atoms with Crippen molar-refractivity contribution < 1.29 is 0 Å². The smallest absolute Gasteiger partial charge is 0.0332 e. The predicted molar refractivity (Wildman–Crippen MR) is 51.1 cm³/mol. The fraction of sp³-hybridized carbons (Fsp3) is 1.00. The maximum atomic E-state index is 2.55. The fourth-order valence-electron chi connectivity index (χ4n) is 2.13. The fourth-order valence-corrected chi connectivity index (χ4v) is 3.43. The molecule has 1 atom stereocenters. The third kappa shape index (κ3) is 0.916. The van der Waals surface area contributed by atoms with Crippen molar-refractivity contribution in [2.45, 2.75) is 38.1 Å². The van der Waals surface area contributed by atoms with E-state index in [1.807, 2.05) is 0 Å². The second-order valence-corrected chi connectivity index (χ2v) is 4.90. The topological polar surface area (TPSA) is 3.24 Å². The number of rotatable bonds is 0. The first-order valence-electron chi connectivity index (χ1n) is 4.19. The second kappa shape index (κ2) is 2.34. The van der Waals surface area contributed by atoms with Gasteiger partial charge < -0.3 is 0 Å². The van der Waals surface area contributed by atoms with Crippen LogP contribution >= 0.6 is 22.9 Å². The molecule has 1 aliphatic heterocycles. The molecular weight excluding hydrogens is 237 g/mol. The third-order valence-electron chi connectivity index (χ3n) is 3.15. The lowest BCUT2D eigenvalue weighted by molar-refractivity contribution is 0.199. The van der Waals surface area contributed by atoms with E-state index in [2.05, 4.69) is 32.9 Å². The second-order valence-electron chi connectivity index (χ2n) is 3.73. The molecule has 58 valence electrons. The summed E-state index contributed by atoms with van der Waals surface area (Å²) in [6, 6.07) is 0. The average Bonchev–Trinajstić information content (AvgIpc) is 2.64. The van der Waals surface area contributed by atoms with E-state index in [1.165, 1.54) is 32.2 Å². The summed E-state index contributed by atoms with van der Waals surface area (Å²) in [5.74, 6) is 0.957. The summed E-state index contributed by atoms with van der Waals surface area (Å²) in [7, 11) is 0. The minimum atomic E-state index is 0.665. The molecule has 0 radical (unpaired) electrons. The molecule has 2 aliphatic rings. The van der Waals surface area contributed by atoms with Gasteiger partial charge in [0.1, 0.15) is 0 Å². The maximum absolute atomic E-state index is 2.55. The average molecular weight is 251 g/mol. The van der Waals surface area contributed by atoms with Crippen molar-refractivity contribution in [1.29, 1.82) is 0 Å². The molecule has 2 fully saturated rings. The zero-order valence-electron chi connectivity index (χ0n) is 6.44. The molecule has 10 heavy (non-hydrogen) atoms. The molecule has 1 saturated heterocycles. The highest BCUT2D eigenvalue weighted by Gasteiger charge is 2.52. The standard InChI is InChI=1S/C8H14IN/c1-7-3-2-6-10(9)8(7)4-5-8/h7H,2-6H2,1H3/t7-/m0/s1. The molecule has 0 N–H and O–H groups in total. The Balaban J connectivity index is 2.11. The molecule has 0 amide bonds. The van der Waals surface area contributed by atoms with E-state index in [1.54, 1.807) is 0 Å². The van der Waals surface area contributed by atoms with Crippen molar-refractivity contribution in [3.05, 3.63) is 0 Å². The summed E-state index contributed by atoms with van der Waals surface area (Å²) < 4.78 is 2.55. The molecule has 0 aromatic heterocycles. The van der Waals surface area contributed by atoms with Gasteiger partial charge in [-0.2, -0.15) is 0 Å². The molecule has 0 bridgehead atoms. The number of hydrogen-bond acceptors (Lipinski definition) is 1. The van der Waals surface area contributed by atoms with Crippen LogP contribution in [0.3, 0.4) is 0 Å². The Morgan fingerprint density at radius 2 is 2.20 bits per heavy atom. The zero-order chi connectivity index (χ0) is 7.19. The molecule has 0 unspecified atom stereocenters. The lowest BCUT2D eigenvalue weighted by Crippen LogP contribution is -2.39. The minimum absolute atomic E-state index is 0.665. The SMILES string of the molecule is C[C@H]1CCCN(I)C12CC2. The van der Waals surface area contributed by atoms with E-state index in [0.717, 1.165) is 5.92 Å². The van der Waals surface area contributed by atoms with Crippen LogP contribution in [0.1, 0.15) is 32.6 Å². The van der Waals surface area contributed by atoms with Gasteiger partial charge in [0.2, 0.25) is 0 Å². The summed E-state index contributed by atoms with van der Waals surface area (Å²) in [6.07, 6.45) is 5.78. The van der Waals surface area contributed by atoms with Crippen LogP contribution in [0.15, 0.2) is 0 Å². The van der Waals surface area contributed by atoms with E-state index in [9.17, 15) is 0 Å². The minimum Gasteiger partial charge on any atom is -0.241 e. The molecule has 1 heterocycles. The van der Waals surface area contributed by atoms with E-state index in [4.69, 9.17) is 0 Å². The number of nitrogens with zero attached hydrogens (tertiary/aromatic N) is 1. The number of halogens is 1. The predicted octanol–water partition coefficient (Wildman–Crippen LogP) is 2.60. The Morgan fingerprint density at radius 1 is 1.50 bits per heavy atom. The van der Waals surface area contributed by atoms with E-state index in [-0.39, 0.29) is 0 Å². The first-order chi connectivity index (χ1) is 4.76. The van der Waals surface area contributed by atoms with Crippen molar-refractivity contribution >= 4 is 22.9 Å². The summed E-state index contributed by atoms with van der Waals surface area (Å²) in [6.45, 7) is 3.74. The third-order valence-corrected chi connectivity index (χ3v) is 4.60. The quantitative estimate of drug-likeness (QED) is 0.472. The van der Waals surface area contributed by atoms with Crippen LogP contribution in [0, 0.1) is 5.92 Å². The van der Waals surface area contributed by atoms with Gasteiger partial charge in [-0.25, -0.2) is 3.11 Å². The summed E-state index contributed by atoms with van der Waals surface area (Å²) in [5.41, 5.74) is 0.665. The van der Waals surface area contributed by atoms with Gasteiger partial charge in [0.15, 0.2) is 0 Å². The lowest BCUT2D eigenvalue weighted by atomic mass is 9.90. The van der Waals surface area contributed by atoms with Gasteiger partial charge in [0, 0.05) is 34.9 Å². The Bertz CT molecular complexity index is 130. The van der Waals surface area contributed by atoms with Gasteiger partial charge in [0.05, 0.1) is 0 Å². The van der Waals surface area contributed by atoms with Crippen LogP contribution < -0.4 is 0 Å². The Morgan fingerprint density at radius 3 is 2.60 bits per heavy atom. The lowest BCUT2D eigenvalue weighted by Gasteiger charge is -2.36. The molecule has 0 aromatic rings. The Labute approximate surface area is 76.7 Å². The van der Waals surface area contributed by atoms with E-state index < -0.39 is 0 Å². The summed E-state index contributed by atoms with van der Waals surface area (Å²) in [5, 5.41) is 0. The Kier molecular flexibility index (Phi) is 1.72. The van der Waals surface area contributed by atoms with Gasteiger partial charge in [-0.05, 0) is 31.6 Å². The monoisotopic (exact) mass is 251 g/mol. The van der Waals surface area contributed by atoms with Crippen molar-refractivity contribution in [2.24, 2.45) is 5.92 Å². The van der Waals surface area contributed by atoms with Gasteiger partial charge >= 0.3 is 0 Å². The summed E-state index contributed by atoms with van der Waals surface area (Å²) in [4.78, 5) is 0. The molecule has 2 rings (SSSR count). The van der Waals surface area contributed by atoms with Crippen LogP contribution in [0.4, 0.5) is 0 Å². The maximum Gasteiger partial charge on any atom is 0.0332 e. The number of hydrogen-bond donors (Lipinski definition) is 0. The van der Waals surface area contributed by atoms with Gasteiger partial charge in [-0.15, -0.1) is 0 Å². The van der Waals surface area contributed by atoms with Crippen molar-refractivity contribution in [1.82, 2.24) is 3.11 Å². The van der Waals surface area contributed by atoms with Crippen LogP contribution in [0.25, 0.3) is 0 Å². The molecule has 0 aromatic carbocycles. The first-order valence-corrected chi connectivity index (χ1v) is 5.16. The molecule has 1 saturated carbocycles. The van der Waals surface area contributed by atoms with Gasteiger partial charge in [-0.3, -0.25) is 0 Å². The van der Waals surface area contributed by atoms with Crippen LogP contribution in [-0.4, -0.2) is 15.2 Å². The zero-order valence-corrected chi connectivity index (χ0v) is 8.60.